The first kappa shape index (κ1) is 71.2. The van der Waals surface area contributed by atoms with Gasteiger partial charge < -0.3 is 14.7 Å². The Morgan fingerprint density at radius 1 is 0.133 bits per heavy atom. The van der Waals surface area contributed by atoms with E-state index in [2.05, 4.69) is 406 Å². The molecule has 0 atom stereocenters. The van der Waals surface area contributed by atoms with Crippen LogP contribution in [0.15, 0.2) is 564 Å². The van der Waals surface area contributed by atoms with Crippen molar-refractivity contribution in [3.05, 3.63) is 631 Å². The van der Waals surface area contributed by atoms with Crippen molar-refractivity contribution in [3.63, 3.8) is 0 Å². The van der Waals surface area contributed by atoms with Crippen molar-refractivity contribution < 1.29 is 20.6 Å². The topological polar surface area (TPSA) is 9.72 Å². The van der Waals surface area contributed by atoms with Crippen LogP contribution in [0.5, 0.6) is 0 Å². The third-order valence-corrected chi connectivity index (χ3v) is 32.8. The molecule has 0 amide bonds. The molecule has 27 aromatic rings. The first-order valence-corrected chi connectivity index (χ1v) is 51.1. The summed E-state index contributed by atoms with van der Waals surface area (Å²) >= 11 is 0. The Bertz CT molecular complexity index is 11000. The van der Waals surface area contributed by atoms with Crippen LogP contribution in [0.25, 0.3) is 164 Å². The third kappa shape index (κ3) is 12.0. The van der Waals surface area contributed by atoms with E-state index in [0.717, 1.165) is 153 Å². The zero-order valence-electron chi connectivity index (χ0n) is 95.9. The lowest BCUT2D eigenvalue weighted by Crippen LogP contribution is -2.26. The fraction of sp³-hybridized carbons (Fsp3) is 0.0204. The number of benzene rings is 27. The largest absolute Gasteiger partial charge is 0.310 e. The number of rotatable bonds is 9. The summed E-state index contributed by atoms with van der Waals surface area (Å²) in [5.41, 5.74) is 30.7. The monoisotopic (exact) mass is 1910 g/mol. The van der Waals surface area contributed by atoms with Gasteiger partial charge in [-0.3, -0.25) is 0 Å². The van der Waals surface area contributed by atoms with Crippen LogP contribution >= 0.6 is 0 Å². The van der Waals surface area contributed by atoms with Gasteiger partial charge in [-0.25, -0.2) is 0 Å². The molecule has 0 aromatic heterocycles. The predicted molar refractivity (Wildman–Crippen MR) is 630 cm³/mol. The van der Waals surface area contributed by atoms with Crippen molar-refractivity contribution in [3.8, 4) is 66.8 Å². The van der Waals surface area contributed by atoms with Crippen molar-refractivity contribution in [2.24, 2.45) is 0 Å². The van der Waals surface area contributed by atoms with Crippen LogP contribution in [-0.2, 0) is 16.2 Å². The van der Waals surface area contributed by atoms with Gasteiger partial charge in [0.1, 0.15) is 0 Å². The van der Waals surface area contributed by atoms with Gasteiger partial charge in [0.25, 0.3) is 0 Å². The van der Waals surface area contributed by atoms with E-state index in [-0.39, 0.29) is 89.6 Å². The van der Waals surface area contributed by atoms with Gasteiger partial charge >= 0.3 is 0 Å². The lowest BCUT2D eigenvalue weighted by molar-refractivity contribution is 0.793. The average Bonchev–Trinajstić information content (AvgIpc) is 1.50. The Hall–Kier alpha value is -19.3. The maximum absolute atomic E-state index is 9.36. The second-order valence-corrected chi connectivity index (χ2v) is 39.7. The van der Waals surface area contributed by atoms with Gasteiger partial charge in [0, 0.05) is 50.8 Å². The average molecular weight is 1920 g/mol. The Kier molecular flexibility index (Phi) is 15.8. The first-order valence-electron chi connectivity index (χ1n) is 58.6. The maximum Gasteiger partial charge on any atom is 0.0726 e. The van der Waals surface area contributed by atoms with Gasteiger partial charge in [-0.05, 0) is 316 Å². The van der Waals surface area contributed by atoms with E-state index in [4.69, 9.17) is 12.3 Å². The normalized spacial score (nSPS) is 14.8. The summed E-state index contributed by atoms with van der Waals surface area (Å²) < 4.78 is 134. The van der Waals surface area contributed by atoms with Crippen LogP contribution in [0.2, 0.25) is 0 Å². The van der Waals surface area contributed by atoms with Crippen LogP contribution in [0.4, 0.5) is 51.2 Å². The molecule has 3 heteroatoms. The molecule has 6 aliphatic rings. The highest BCUT2D eigenvalue weighted by Gasteiger charge is 2.56. The van der Waals surface area contributed by atoms with Crippen molar-refractivity contribution >= 4 is 148 Å². The lowest BCUT2D eigenvalue weighted by atomic mass is 9.70. The minimum atomic E-state index is -0.623. The number of hydrogen-bond acceptors (Lipinski definition) is 3. The molecule has 0 aliphatic heterocycles. The second kappa shape index (κ2) is 33.4. The van der Waals surface area contributed by atoms with E-state index < -0.39 is 34.4 Å². The van der Waals surface area contributed by atoms with Crippen LogP contribution in [0, 0.1) is 0 Å². The number of para-hydroxylation sites is 3. The van der Waals surface area contributed by atoms with E-state index in [1.54, 1.807) is 0 Å². The summed E-state index contributed by atoms with van der Waals surface area (Å²) in [6, 6.07) is 161. The van der Waals surface area contributed by atoms with Gasteiger partial charge in [0.15, 0.2) is 0 Å². The fourth-order valence-electron chi connectivity index (χ4n) is 27.2. The first-order chi connectivity index (χ1) is 80.7. The molecule has 3 spiro atoms. The molecule has 696 valence electrons. The summed E-state index contributed by atoms with van der Waals surface area (Å²) in [6.07, 6.45) is 0. The fourth-order valence-corrected chi connectivity index (χ4v) is 27.2. The predicted octanol–water partition coefficient (Wildman–Crippen LogP) is 38.9. The van der Waals surface area contributed by atoms with E-state index in [1.165, 1.54) is 88.7 Å². The molecule has 0 unspecified atom stereocenters. The third-order valence-electron chi connectivity index (χ3n) is 32.8. The molecular formula is C147H93N3. The highest BCUT2D eigenvalue weighted by atomic mass is 15.2. The minimum Gasteiger partial charge on any atom is -0.310 e. The number of fused-ring (bicyclic) bond motifs is 48. The molecule has 33 rings (SSSR count). The minimum absolute atomic E-state index is 0.104. The Morgan fingerprint density at radius 2 is 0.360 bits per heavy atom. The van der Waals surface area contributed by atoms with Crippen LogP contribution in [0.3, 0.4) is 0 Å². The Labute approximate surface area is 891 Å². The standard InChI is InChI=1S/3C49H31N/c1-2-15-32(16-3-1)50(33-29-30-38-36-19-5-4-17-34(36)35-18-6-7-20-37(35)42(38)31-33)47-28-14-27-46-48(47)41-23-10-13-26-45(41)49(46)43-24-11-8-21-39(43)40-22-9-12-25-44(40)49;1-2-15-32(16-3-1)50(47-28-14-24-42-36-18-5-4-17-34(36)35-19-6-7-23-41(35)48(42)47)33-29-30-40-39-22-10-13-27-45(39)49(46(40)31-33)43-25-11-8-20-37(43)38-21-9-12-26-44(38)49;1-2-14-32(15-3-1)50(33-26-28-39-37-18-5-4-16-35(37)36-17-6-7-19-38(36)43(39)30-33)34-27-29-48-44(31-34)42-22-10-13-25-47(42)49(48)45-23-11-8-20-40(45)41-21-9-12-24-46(41)49/h3*1-31H/i2*1D,2D,3D,15D,16D;1D,2D,3D,14D,15D. The molecule has 3 nitrogen and oxygen atoms in total. The van der Waals surface area contributed by atoms with E-state index >= 15 is 0 Å². The number of nitrogens with zero attached hydrogens (tertiary/aromatic N) is 3. The molecule has 6 aliphatic carbocycles. The zero-order valence-corrected chi connectivity index (χ0v) is 80.9. The van der Waals surface area contributed by atoms with Crippen molar-refractivity contribution in [2.45, 2.75) is 16.2 Å². The molecule has 0 bridgehead atoms. The molecule has 0 radical (unpaired) electrons. The summed E-state index contributed by atoms with van der Waals surface area (Å²) in [5.74, 6) is 0. The van der Waals surface area contributed by atoms with E-state index in [9.17, 15) is 8.22 Å². The second-order valence-electron chi connectivity index (χ2n) is 39.7. The van der Waals surface area contributed by atoms with Gasteiger partial charge in [-0.1, -0.05) is 467 Å². The molecule has 0 saturated carbocycles. The number of anilines is 9. The molecule has 27 aromatic carbocycles. The summed E-state index contributed by atoms with van der Waals surface area (Å²) in [5, 5.41) is 19.5. The molecule has 0 heterocycles. The molecule has 0 saturated heterocycles. The van der Waals surface area contributed by atoms with Crippen molar-refractivity contribution in [1.29, 1.82) is 0 Å². The van der Waals surface area contributed by atoms with Gasteiger partial charge in [0.2, 0.25) is 0 Å². The van der Waals surface area contributed by atoms with Crippen molar-refractivity contribution in [1.82, 2.24) is 0 Å². The highest BCUT2D eigenvalue weighted by molar-refractivity contribution is 6.30. The van der Waals surface area contributed by atoms with Crippen LogP contribution in [0.1, 0.15) is 87.3 Å². The quantitative estimate of drug-likeness (QED) is 0.133. The van der Waals surface area contributed by atoms with Gasteiger partial charge in [-0.15, -0.1) is 0 Å². The molecular weight excluding hydrogens is 1810 g/mol. The number of hydrogen-bond donors (Lipinski definition) is 0. The van der Waals surface area contributed by atoms with Gasteiger partial charge in [0.05, 0.1) is 48.2 Å². The molecule has 150 heavy (non-hydrogen) atoms. The SMILES string of the molecule is [2H]c1c([2H])c([2H])c(N(c2ccc3c(c2)-c2ccccc2C32c3ccccc3-c3ccccc32)c2ccc3c4ccccc4c4ccccc4c3c2)c([2H])c1[2H].[2H]c1c([2H])c([2H])c(N(c2ccc3c(c2)C2(c4ccccc4-c4ccccc42)c2ccccc2-3)c2cccc3c4ccccc4c4ccccc4c23)c([2H])c1[2H].[2H]c1c([2H])c([2H])c(N(c2ccc3c4ccccc4c4ccccc4c3c2)c2cccc3c2-c2ccccc2C32c3ccccc3-c3ccccc32)c([2H])c1[2H]. The van der Waals surface area contributed by atoms with E-state index in [1.807, 2.05) is 81.4 Å². The lowest BCUT2D eigenvalue weighted by Gasteiger charge is -2.32. The molecule has 0 fully saturated rings. The zero-order chi connectivity index (χ0) is 111. The van der Waals surface area contributed by atoms with Crippen LogP contribution < -0.4 is 14.7 Å². The maximum atomic E-state index is 9.36. The van der Waals surface area contributed by atoms with Crippen LogP contribution in [-0.4, -0.2) is 0 Å². The van der Waals surface area contributed by atoms with Gasteiger partial charge in [-0.2, -0.15) is 0 Å². The van der Waals surface area contributed by atoms with E-state index in [0.29, 0.717) is 22.7 Å². The molecule has 0 N–H and O–H groups in total. The summed E-state index contributed by atoms with van der Waals surface area (Å²) in [4.78, 5) is 5.67. The highest BCUT2D eigenvalue weighted by Crippen LogP contribution is 2.69. The smallest absolute Gasteiger partial charge is 0.0726 e. The summed E-state index contributed by atoms with van der Waals surface area (Å²) in [6.45, 7) is 0. The van der Waals surface area contributed by atoms with Crippen molar-refractivity contribution in [2.75, 3.05) is 14.7 Å². The summed E-state index contributed by atoms with van der Waals surface area (Å²) in [7, 11) is 0. The Morgan fingerprint density at radius 3 is 0.747 bits per heavy atom. The Balaban J connectivity index is 0.000000108.